The van der Waals surface area contributed by atoms with Crippen LogP contribution in [-0.2, 0) is 9.53 Å². The van der Waals surface area contributed by atoms with Crippen molar-refractivity contribution in [2.75, 3.05) is 6.61 Å². The number of benzene rings is 1. The maximum atomic E-state index is 11.6. The summed E-state index contributed by atoms with van der Waals surface area (Å²) in [6.45, 7) is 2.29. The van der Waals surface area contributed by atoms with E-state index >= 15 is 0 Å². The van der Waals surface area contributed by atoms with Crippen molar-refractivity contribution in [2.24, 2.45) is 5.92 Å². The summed E-state index contributed by atoms with van der Waals surface area (Å²) in [7, 11) is 0. The number of hydrogen-bond donors (Lipinski definition) is 2. The number of ether oxygens (including phenoxy) is 1. The first-order chi connectivity index (χ1) is 12.6. The van der Waals surface area contributed by atoms with E-state index < -0.39 is 5.97 Å². The van der Waals surface area contributed by atoms with Crippen molar-refractivity contribution >= 4 is 11.9 Å². The second-order valence-corrected chi connectivity index (χ2v) is 6.82. The van der Waals surface area contributed by atoms with Gasteiger partial charge in [-0.15, -0.1) is 0 Å². The summed E-state index contributed by atoms with van der Waals surface area (Å²) in [6.07, 6.45) is 4.79. The highest BCUT2D eigenvalue weighted by Crippen LogP contribution is 2.37. The molecule has 1 fully saturated rings. The third-order valence-electron chi connectivity index (χ3n) is 5.10. The molecule has 26 heavy (non-hydrogen) atoms. The van der Waals surface area contributed by atoms with Gasteiger partial charge in [-0.05, 0) is 61.6 Å². The summed E-state index contributed by atoms with van der Waals surface area (Å²) in [5.41, 5.74) is 2.93. The third kappa shape index (κ3) is 4.31. The summed E-state index contributed by atoms with van der Waals surface area (Å²) >= 11 is 0. The fourth-order valence-electron chi connectivity index (χ4n) is 3.67. The first-order valence-corrected chi connectivity index (χ1v) is 9.11. The molecule has 138 valence electrons. The number of carbonyl (C=O) groups excluding carboxylic acids is 1. The van der Waals surface area contributed by atoms with E-state index in [1.807, 2.05) is 19.1 Å². The highest BCUT2D eigenvalue weighted by molar-refractivity contribution is 5.86. The van der Waals surface area contributed by atoms with E-state index in [4.69, 9.17) is 9.84 Å². The van der Waals surface area contributed by atoms with E-state index in [0.29, 0.717) is 30.6 Å². The zero-order valence-electron chi connectivity index (χ0n) is 14.9. The van der Waals surface area contributed by atoms with Gasteiger partial charge in [0.15, 0.2) is 5.69 Å². The molecule has 2 N–H and O–H groups in total. The van der Waals surface area contributed by atoms with Gasteiger partial charge >= 0.3 is 11.9 Å². The van der Waals surface area contributed by atoms with Gasteiger partial charge in [0.25, 0.3) is 0 Å². The molecule has 0 bridgehead atoms. The Morgan fingerprint density at radius 3 is 2.46 bits per heavy atom. The van der Waals surface area contributed by atoms with Crippen LogP contribution in [0.5, 0.6) is 0 Å². The Hall–Kier alpha value is -2.63. The van der Waals surface area contributed by atoms with Gasteiger partial charge in [-0.3, -0.25) is 9.89 Å². The molecular formula is C20H24N2O4. The molecular weight excluding hydrogens is 332 g/mol. The normalized spacial score (nSPS) is 19.9. The molecule has 0 saturated heterocycles. The summed E-state index contributed by atoms with van der Waals surface area (Å²) in [5.74, 6) is -0.174. The number of carboxylic acid groups (broad SMARTS) is 1. The molecule has 6 heteroatoms. The van der Waals surface area contributed by atoms with Crippen LogP contribution in [0.1, 0.15) is 61.0 Å². The Kier molecular flexibility index (Phi) is 5.71. The average Bonchev–Trinajstić information content (AvgIpc) is 3.13. The first kappa shape index (κ1) is 18.2. The Bertz CT molecular complexity index is 758. The van der Waals surface area contributed by atoms with Gasteiger partial charge in [-0.2, -0.15) is 5.10 Å². The van der Waals surface area contributed by atoms with Crippen LogP contribution in [0.4, 0.5) is 0 Å². The van der Waals surface area contributed by atoms with Crippen LogP contribution < -0.4 is 0 Å². The van der Waals surface area contributed by atoms with Gasteiger partial charge < -0.3 is 9.84 Å². The second-order valence-electron chi connectivity index (χ2n) is 6.82. The molecule has 0 spiro atoms. The standard InChI is InChI=1S/C20H24N2O4/c1-2-26-19(23)11-13-3-5-14(6-4-13)15-7-9-16(10-8-15)17-12-18(20(24)25)22-21-17/h7-10,12-14H,2-6,11H2,1H3,(H,21,22)(H,24,25). The molecule has 3 rings (SSSR count). The van der Waals surface area contributed by atoms with Gasteiger partial charge in [0.05, 0.1) is 12.3 Å². The number of carboxylic acids is 1. The number of nitrogens with zero attached hydrogens (tertiary/aromatic N) is 1. The van der Waals surface area contributed by atoms with E-state index in [9.17, 15) is 9.59 Å². The van der Waals surface area contributed by atoms with Crippen molar-refractivity contribution < 1.29 is 19.4 Å². The molecule has 1 saturated carbocycles. The maximum absolute atomic E-state index is 11.6. The number of H-pyrrole nitrogens is 1. The monoisotopic (exact) mass is 356 g/mol. The molecule has 6 nitrogen and oxygen atoms in total. The number of nitrogens with one attached hydrogen (secondary N) is 1. The van der Waals surface area contributed by atoms with Gasteiger partial charge in [0.1, 0.15) is 0 Å². The fourth-order valence-corrected chi connectivity index (χ4v) is 3.67. The van der Waals surface area contributed by atoms with Crippen molar-refractivity contribution in [1.82, 2.24) is 10.2 Å². The van der Waals surface area contributed by atoms with Gasteiger partial charge in [-0.1, -0.05) is 24.3 Å². The highest BCUT2D eigenvalue weighted by Gasteiger charge is 2.24. The number of rotatable bonds is 6. The number of aromatic nitrogens is 2. The SMILES string of the molecule is CCOC(=O)CC1CCC(c2ccc(-c3cc(C(=O)O)n[nH]3)cc2)CC1. The fraction of sp³-hybridized carbons (Fsp3) is 0.450. The van der Waals surface area contributed by atoms with Crippen LogP contribution in [0, 0.1) is 5.92 Å². The minimum atomic E-state index is -1.04. The lowest BCUT2D eigenvalue weighted by molar-refractivity contribution is -0.144. The Labute approximate surface area is 152 Å². The van der Waals surface area contributed by atoms with Crippen LogP contribution in [0.2, 0.25) is 0 Å². The molecule has 0 radical (unpaired) electrons. The topological polar surface area (TPSA) is 92.3 Å². The van der Waals surface area contributed by atoms with Crippen molar-refractivity contribution in [1.29, 1.82) is 0 Å². The Morgan fingerprint density at radius 2 is 1.88 bits per heavy atom. The number of hydrogen-bond acceptors (Lipinski definition) is 4. The molecule has 1 heterocycles. The molecule has 1 aliphatic carbocycles. The molecule has 0 amide bonds. The number of aromatic amines is 1. The quantitative estimate of drug-likeness (QED) is 0.763. The zero-order chi connectivity index (χ0) is 18.5. The molecule has 0 atom stereocenters. The van der Waals surface area contributed by atoms with E-state index in [-0.39, 0.29) is 11.7 Å². The maximum Gasteiger partial charge on any atom is 0.356 e. The number of aromatic carboxylic acids is 1. The van der Waals surface area contributed by atoms with Crippen LogP contribution in [0.15, 0.2) is 30.3 Å². The highest BCUT2D eigenvalue weighted by atomic mass is 16.5. The predicted molar refractivity (Wildman–Crippen MR) is 96.9 cm³/mol. The van der Waals surface area contributed by atoms with Gasteiger partial charge in [0, 0.05) is 6.42 Å². The van der Waals surface area contributed by atoms with E-state index in [0.717, 1.165) is 31.2 Å². The minimum Gasteiger partial charge on any atom is -0.476 e. The molecule has 1 aliphatic rings. The van der Waals surface area contributed by atoms with Crippen LogP contribution in [0.3, 0.4) is 0 Å². The molecule has 0 aliphatic heterocycles. The molecule has 0 unspecified atom stereocenters. The summed E-state index contributed by atoms with van der Waals surface area (Å²) in [6, 6.07) is 9.75. The summed E-state index contributed by atoms with van der Waals surface area (Å²) in [5, 5.41) is 15.5. The molecule has 2 aromatic rings. The van der Waals surface area contributed by atoms with Crippen molar-refractivity contribution in [3.05, 3.63) is 41.6 Å². The van der Waals surface area contributed by atoms with Crippen molar-refractivity contribution in [3.8, 4) is 11.3 Å². The van der Waals surface area contributed by atoms with Crippen molar-refractivity contribution in [3.63, 3.8) is 0 Å². The minimum absolute atomic E-state index is 0.0176. The van der Waals surface area contributed by atoms with Crippen LogP contribution >= 0.6 is 0 Å². The predicted octanol–water partition coefficient (Wildman–Crippen LogP) is 4.00. The smallest absolute Gasteiger partial charge is 0.356 e. The largest absolute Gasteiger partial charge is 0.476 e. The van der Waals surface area contributed by atoms with Crippen LogP contribution in [0.25, 0.3) is 11.3 Å². The third-order valence-corrected chi connectivity index (χ3v) is 5.10. The second kappa shape index (κ2) is 8.17. The molecule has 1 aromatic heterocycles. The summed E-state index contributed by atoms with van der Waals surface area (Å²) in [4.78, 5) is 22.5. The summed E-state index contributed by atoms with van der Waals surface area (Å²) < 4.78 is 5.04. The zero-order valence-corrected chi connectivity index (χ0v) is 14.9. The lowest BCUT2D eigenvalue weighted by Gasteiger charge is -2.28. The van der Waals surface area contributed by atoms with E-state index in [2.05, 4.69) is 22.3 Å². The number of esters is 1. The van der Waals surface area contributed by atoms with E-state index in [1.165, 1.54) is 11.6 Å². The van der Waals surface area contributed by atoms with Gasteiger partial charge in [0.2, 0.25) is 0 Å². The van der Waals surface area contributed by atoms with E-state index in [1.54, 1.807) is 0 Å². The Balaban J connectivity index is 1.57. The Morgan fingerprint density at radius 1 is 1.19 bits per heavy atom. The van der Waals surface area contributed by atoms with Gasteiger partial charge in [-0.25, -0.2) is 4.79 Å². The lowest BCUT2D eigenvalue weighted by atomic mass is 9.77. The van der Waals surface area contributed by atoms with Crippen LogP contribution in [-0.4, -0.2) is 33.8 Å². The lowest BCUT2D eigenvalue weighted by Crippen LogP contribution is -2.17. The molecule has 1 aromatic carbocycles. The number of carbonyl (C=O) groups is 2. The van der Waals surface area contributed by atoms with Crippen molar-refractivity contribution in [2.45, 2.75) is 44.9 Å². The average molecular weight is 356 g/mol. The first-order valence-electron chi connectivity index (χ1n) is 9.11.